The van der Waals surface area contributed by atoms with Crippen molar-refractivity contribution >= 4 is 51.6 Å². The summed E-state index contributed by atoms with van der Waals surface area (Å²) >= 11 is 2.32. The molecule has 8 nitrogen and oxygen atoms in total. The van der Waals surface area contributed by atoms with E-state index in [0.29, 0.717) is 16.9 Å². The maximum Gasteiger partial charge on any atom is 0.312 e. The van der Waals surface area contributed by atoms with Crippen LogP contribution in [0.4, 0.5) is 0 Å². The molecule has 2 unspecified atom stereocenters. The molecule has 0 aromatic carbocycles. The van der Waals surface area contributed by atoms with Crippen LogP contribution in [0.15, 0.2) is 22.4 Å². The van der Waals surface area contributed by atoms with Crippen molar-refractivity contribution in [2.45, 2.75) is 45.3 Å². The highest BCUT2D eigenvalue weighted by Gasteiger charge is 2.41. The predicted octanol–water partition coefficient (Wildman–Crippen LogP) is 2.27. The minimum atomic E-state index is -0.982. The van der Waals surface area contributed by atoms with Crippen molar-refractivity contribution in [2.75, 3.05) is 13.6 Å². The molecule has 2 fully saturated rings. The molecule has 0 aliphatic carbocycles. The number of amidine groups is 2. The van der Waals surface area contributed by atoms with Crippen LogP contribution in [0.5, 0.6) is 0 Å². The maximum absolute atomic E-state index is 12.3. The summed E-state index contributed by atoms with van der Waals surface area (Å²) < 4.78 is 5.29. The van der Waals surface area contributed by atoms with Gasteiger partial charge in [-0.1, -0.05) is 23.9 Å². The van der Waals surface area contributed by atoms with Crippen LogP contribution < -0.4 is 0 Å². The average Bonchev–Trinajstić information content (AvgIpc) is 2.96. The van der Waals surface area contributed by atoms with Crippen molar-refractivity contribution in [2.24, 2.45) is 15.6 Å². The highest BCUT2D eigenvalue weighted by atomic mass is 32.2. The molecule has 0 saturated carbocycles. The van der Waals surface area contributed by atoms with Crippen molar-refractivity contribution in [1.29, 1.82) is 0 Å². The Labute approximate surface area is 167 Å². The molecule has 2 heterocycles. The number of carbonyl (C=O) groups is 3. The van der Waals surface area contributed by atoms with Crippen molar-refractivity contribution in [3.8, 4) is 0 Å². The lowest BCUT2D eigenvalue weighted by molar-refractivity contribution is -0.159. The van der Waals surface area contributed by atoms with E-state index in [9.17, 15) is 14.4 Å². The summed E-state index contributed by atoms with van der Waals surface area (Å²) in [6.07, 6.45) is 0. The van der Waals surface area contributed by atoms with Gasteiger partial charge in [0.1, 0.15) is 0 Å². The quantitative estimate of drug-likeness (QED) is 0.400. The molecule has 10 heteroatoms. The summed E-state index contributed by atoms with van der Waals surface area (Å²) in [5.41, 5.74) is -0.862. The van der Waals surface area contributed by atoms with E-state index in [-0.39, 0.29) is 17.1 Å². The minimum absolute atomic E-state index is 0.0533. The van der Waals surface area contributed by atoms with Gasteiger partial charge < -0.3 is 4.74 Å². The van der Waals surface area contributed by atoms with E-state index in [4.69, 9.17) is 4.74 Å². The standard InChI is InChI=1S/C17H24N4O4S2/c1-9(2)8-21-11(22)10(3)26-16(21)19-18-15-20(7)12(23)13(27-15)25-14(24)17(4,5)6/h10,13H,1,8H2,2-7H3. The van der Waals surface area contributed by atoms with Crippen LogP contribution in [0.3, 0.4) is 0 Å². The molecule has 0 bridgehead atoms. The summed E-state index contributed by atoms with van der Waals surface area (Å²) in [6, 6.07) is 0. The fourth-order valence-corrected chi connectivity index (χ4v) is 3.92. The lowest BCUT2D eigenvalue weighted by Gasteiger charge is -2.18. The number of rotatable bonds is 4. The Bertz CT molecular complexity index is 742. The monoisotopic (exact) mass is 412 g/mol. The zero-order valence-corrected chi connectivity index (χ0v) is 17.9. The van der Waals surface area contributed by atoms with Crippen molar-refractivity contribution in [3.63, 3.8) is 0 Å². The van der Waals surface area contributed by atoms with Gasteiger partial charge in [-0.2, -0.15) is 0 Å². The lowest BCUT2D eigenvalue weighted by Crippen LogP contribution is -2.33. The Morgan fingerprint density at radius 3 is 2.33 bits per heavy atom. The third kappa shape index (κ3) is 4.92. The van der Waals surface area contributed by atoms with Crippen LogP contribution in [0.2, 0.25) is 0 Å². The van der Waals surface area contributed by atoms with Gasteiger partial charge in [-0.05, 0) is 46.4 Å². The summed E-state index contributed by atoms with van der Waals surface area (Å²) in [4.78, 5) is 39.4. The highest BCUT2D eigenvalue weighted by Crippen LogP contribution is 2.31. The van der Waals surface area contributed by atoms with Crippen molar-refractivity contribution < 1.29 is 19.1 Å². The van der Waals surface area contributed by atoms with Gasteiger partial charge in [0, 0.05) is 13.6 Å². The fraction of sp³-hybridized carbons (Fsp3) is 0.588. The number of hydrogen-bond donors (Lipinski definition) is 0. The van der Waals surface area contributed by atoms with Gasteiger partial charge in [-0.25, -0.2) is 0 Å². The van der Waals surface area contributed by atoms with E-state index in [0.717, 1.165) is 17.3 Å². The molecule has 0 aromatic rings. The maximum atomic E-state index is 12.3. The van der Waals surface area contributed by atoms with Gasteiger partial charge in [0.25, 0.3) is 5.91 Å². The van der Waals surface area contributed by atoms with E-state index >= 15 is 0 Å². The second kappa shape index (κ2) is 8.05. The molecule has 2 atom stereocenters. The first-order valence-electron chi connectivity index (χ1n) is 8.35. The normalized spacial score (nSPS) is 26.4. The van der Waals surface area contributed by atoms with Gasteiger partial charge in [-0.3, -0.25) is 24.2 Å². The Kier molecular flexibility index (Phi) is 6.41. The molecule has 2 amide bonds. The summed E-state index contributed by atoms with van der Waals surface area (Å²) in [6.45, 7) is 13.0. The number of hydrogen-bond acceptors (Lipinski definition) is 8. The number of carbonyl (C=O) groups excluding carboxylic acids is 3. The van der Waals surface area contributed by atoms with Gasteiger partial charge >= 0.3 is 5.97 Å². The molecule has 0 radical (unpaired) electrons. The van der Waals surface area contributed by atoms with Crippen LogP contribution in [0, 0.1) is 5.41 Å². The topological polar surface area (TPSA) is 91.6 Å². The molecule has 2 aliphatic heterocycles. The van der Waals surface area contributed by atoms with Crippen LogP contribution in [-0.4, -0.2) is 62.2 Å². The summed E-state index contributed by atoms with van der Waals surface area (Å²) in [5, 5.41) is 8.80. The SMILES string of the molecule is C=C(C)CN1C(=O)C(C)SC1=NN=C1SC(OC(=O)C(C)(C)C)C(=O)N1C. The summed E-state index contributed by atoms with van der Waals surface area (Å²) in [5.74, 6) is -0.894. The van der Waals surface area contributed by atoms with E-state index in [2.05, 4.69) is 16.8 Å². The smallest absolute Gasteiger partial charge is 0.312 e. The number of esters is 1. The van der Waals surface area contributed by atoms with E-state index in [1.165, 1.54) is 21.6 Å². The third-order valence-electron chi connectivity index (χ3n) is 3.63. The number of nitrogens with zero attached hydrogens (tertiary/aromatic N) is 4. The van der Waals surface area contributed by atoms with Gasteiger partial charge in [0.05, 0.1) is 10.7 Å². The average molecular weight is 413 g/mol. The highest BCUT2D eigenvalue weighted by molar-refractivity contribution is 8.16. The molecule has 0 aromatic heterocycles. The zero-order chi connectivity index (χ0) is 20.5. The van der Waals surface area contributed by atoms with Crippen LogP contribution in [0.1, 0.15) is 34.6 Å². The zero-order valence-electron chi connectivity index (χ0n) is 16.3. The summed E-state index contributed by atoms with van der Waals surface area (Å²) in [7, 11) is 1.54. The Balaban J connectivity index is 2.17. The Hall–Kier alpha value is -1.81. The van der Waals surface area contributed by atoms with E-state index in [1.807, 2.05) is 6.92 Å². The number of likely N-dealkylation sites (N-methyl/N-ethyl adjacent to an activating group) is 1. The molecule has 2 saturated heterocycles. The number of amides is 2. The first-order valence-corrected chi connectivity index (χ1v) is 10.1. The third-order valence-corrected chi connectivity index (χ3v) is 5.78. The molecule has 148 valence electrons. The second-order valence-corrected chi connectivity index (χ2v) is 9.75. The largest absolute Gasteiger partial charge is 0.440 e. The van der Waals surface area contributed by atoms with Crippen LogP contribution >= 0.6 is 23.5 Å². The fourth-order valence-electron chi connectivity index (χ4n) is 2.08. The molecule has 27 heavy (non-hydrogen) atoms. The Morgan fingerprint density at radius 1 is 1.19 bits per heavy atom. The number of ether oxygens (including phenoxy) is 1. The predicted molar refractivity (Wildman–Crippen MR) is 108 cm³/mol. The molecule has 0 N–H and O–H groups in total. The van der Waals surface area contributed by atoms with Gasteiger partial charge in [0.15, 0.2) is 10.3 Å². The minimum Gasteiger partial charge on any atom is -0.440 e. The lowest BCUT2D eigenvalue weighted by atomic mass is 9.97. The Morgan fingerprint density at radius 2 is 1.78 bits per heavy atom. The molecule has 2 rings (SSSR count). The first-order chi connectivity index (χ1) is 12.4. The second-order valence-electron chi connectivity index (χ2n) is 7.41. The molecule has 2 aliphatic rings. The van der Waals surface area contributed by atoms with Crippen LogP contribution in [0.25, 0.3) is 0 Å². The van der Waals surface area contributed by atoms with Gasteiger partial charge in [0.2, 0.25) is 11.3 Å². The van der Waals surface area contributed by atoms with E-state index in [1.54, 1.807) is 34.7 Å². The molecular formula is C17H24N4O4S2. The van der Waals surface area contributed by atoms with Crippen molar-refractivity contribution in [1.82, 2.24) is 9.80 Å². The molecule has 0 spiro atoms. The van der Waals surface area contributed by atoms with E-state index < -0.39 is 16.8 Å². The van der Waals surface area contributed by atoms with Crippen molar-refractivity contribution in [3.05, 3.63) is 12.2 Å². The molecular weight excluding hydrogens is 388 g/mol. The first kappa shape index (κ1) is 21.5. The number of thioether (sulfide) groups is 2. The van der Waals surface area contributed by atoms with Gasteiger partial charge in [-0.15, -0.1) is 10.2 Å². The van der Waals surface area contributed by atoms with Crippen LogP contribution in [-0.2, 0) is 19.1 Å².